The van der Waals surface area contributed by atoms with Gasteiger partial charge in [0.25, 0.3) is 0 Å². The highest BCUT2D eigenvalue weighted by Gasteiger charge is 2.19. The van der Waals surface area contributed by atoms with Crippen LogP contribution in [-0.4, -0.2) is 27.4 Å². The van der Waals surface area contributed by atoms with E-state index in [4.69, 9.17) is 9.15 Å². The summed E-state index contributed by atoms with van der Waals surface area (Å²) < 4.78 is 12.9. The van der Waals surface area contributed by atoms with E-state index in [-0.39, 0.29) is 12.2 Å². The Kier molecular flexibility index (Phi) is 3.82. The van der Waals surface area contributed by atoms with Gasteiger partial charge >= 0.3 is 5.63 Å². The van der Waals surface area contributed by atoms with Gasteiger partial charge in [-0.3, -0.25) is 0 Å². The third kappa shape index (κ3) is 2.80. The molecule has 0 radical (unpaired) electrons. The standard InChI is InChI=1S/C18H18N2O4/c21-12(9-20-7-6-19-11-20)10-23-13-4-5-15-14-2-1-3-16(14)18(22)24-17(15)8-13/h4-8,11-12,21H,1-3,9-10H2/t12-/m0/s1. The third-order valence-corrected chi connectivity index (χ3v) is 4.37. The summed E-state index contributed by atoms with van der Waals surface area (Å²) in [7, 11) is 0. The van der Waals surface area contributed by atoms with Crippen molar-refractivity contribution in [2.45, 2.75) is 31.9 Å². The van der Waals surface area contributed by atoms with E-state index in [1.807, 2.05) is 12.1 Å². The number of benzene rings is 1. The average molecular weight is 326 g/mol. The van der Waals surface area contributed by atoms with Crippen LogP contribution in [-0.2, 0) is 19.4 Å². The Morgan fingerprint density at radius 1 is 1.33 bits per heavy atom. The zero-order valence-electron chi connectivity index (χ0n) is 13.1. The Balaban J connectivity index is 1.51. The molecule has 0 unspecified atom stereocenters. The van der Waals surface area contributed by atoms with Crippen molar-refractivity contribution in [1.29, 1.82) is 0 Å². The highest BCUT2D eigenvalue weighted by Crippen LogP contribution is 2.29. The van der Waals surface area contributed by atoms with Crippen LogP contribution in [0.4, 0.5) is 0 Å². The maximum atomic E-state index is 12.0. The molecule has 1 aromatic carbocycles. The number of imidazole rings is 1. The summed E-state index contributed by atoms with van der Waals surface area (Å²) in [5.41, 5.74) is 2.22. The molecule has 6 nitrogen and oxygen atoms in total. The fraction of sp³-hybridized carbons (Fsp3) is 0.333. The maximum Gasteiger partial charge on any atom is 0.339 e. The molecule has 1 aliphatic carbocycles. The van der Waals surface area contributed by atoms with Gasteiger partial charge in [0.15, 0.2) is 0 Å². The fourth-order valence-corrected chi connectivity index (χ4v) is 3.24. The van der Waals surface area contributed by atoms with Crippen molar-refractivity contribution in [3.05, 3.63) is 58.5 Å². The Morgan fingerprint density at radius 3 is 3.04 bits per heavy atom. The van der Waals surface area contributed by atoms with Crippen molar-refractivity contribution in [2.24, 2.45) is 0 Å². The molecular weight excluding hydrogens is 308 g/mol. The minimum atomic E-state index is -0.651. The molecule has 0 aliphatic heterocycles. The lowest BCUT2D eigenvalue weighted by Gasteiger charge is -2.13. The molecular formula is C18H18N2O4. The topological polar surface area (TPSA) is 77.5 Å². The summed E-state index contributed by atoms with van der Waals surface area (Å²) >= 11 is 0. The van der Waals surface area contributed by atoms with Crippen LogP contribution in [0.1, 0.15) is 17.5 Å². The summed E-state index contributed by atoms with van der Waals surface area (Å²) in [6.45, 7) is 0.565. The van der Waals surface area contributed by atoms with Gasteiger partial charge in [0.05, 0.1) is 12.9 Å². The monoisotopic (exact) mass is 326 g/mol. The van der Waals surface area contributed by atoms with Crippen molar-refractivity contribution in [1.82, 2.24) is 9.55 Å². The Hall–Kier alpha value is -2.60. The molecule has 0 bridgehead atoms. The van der Waals surface area contributed by atoms with E-state index in [0.717, 1.165) is 35.8 Å². The van der Waals surface area contributed by atoms with Gasteiger partial charge in [-0.05, 0) is 37.0 Å². The molecule has 4 rings (SSSR count). The van der Waals surface area contributed by atoms with E-state index in [1.165, 1.54) is 0 Å². The number of aliphatic hydroxyl groups is 1. The van der Waals surface area contributed by atoms with Crippen LogP contribution in [0.2, 0.25) is 0 Å². The summed E-state index contributed by atoms with van der Waals surface area (Å²) in [6, 6.07) is 5.50. The van der Waals surface area contributed by atoms with Crippen molar-refractivity contribution in [3.63, 3.8) is 0 Å². The normalized spacial score (nSPS) is 14.7. The van der Waals surface area contributed by atoms with Crippen LogP contribution in [0, 0.1) is 0 Å². The molecule has 1 aliphatic rings. The number of aliphatic hydroxyl groups excluding tert-OH is 1. The molecule has 0 saturated heterocycles. The lowest BCUT2D eigenvalue weighted by molar-refractivity contribution is 0.0925. The van der Waals surface area contributed by atoms with Gasteiger partial charge in [-0.15, -0.1) is 0 Å². The Bertz CT molecular complexity index is 915. The van der Waals surface area contributed by atoms with Crippen LogP contribution in [0.25, 0.3) is 11.0 Å². The second kappa shape index (κ2) is 6.13. The van der Waals surface area contributed by atoms with Crippen LogP contribution >= 0.6 is 0 Å². The zero-order valence-corrected chi connectivity index (χ0v) is 13.1. The molecule has 0 fully saturated rings. The van der Waals surface area contributed by atoms with Crippen molar-refractivity contribution < 1.29 is 14.3 Å². The van der Waals surface area contributed by atoms with Crippen molar-refractivity contribution in [3.8, 4) is 5.75 Å². The van der Waals surface area contributed by atoms with Crippen molar-refractivity contribution in [2.75, 3.05) is 6.61 Å². The van der Waals surface area contributed by atoms with Gasteiger partial charge in [0, 0.05) is 29.4 Å². The van der Waals surface area contributed by atoms with Gasteiger partial charge in [0.2, 0.25) is 0 Å². The largest absolute Gasteiger partial charge is 0.491 e. The number of hydrogen-bond acceptors (Lipinski definition) is 5. The minimum absolute atomic E-state index is 0.152. The second-order valence-electron chi connectivity index (χ2n) is 6.08. The van der Waals surface area contributed by atoms with E-state index in [0.29, 0.717) is 17.9 Å². The van der Waals surface area contributed by atoms with E-state index >= 15 is 0 Å². The fourth-order valence-electron chi connectivity index (χ4n) is 3.24. The molecule has 1 N–H and O–H groups in total. The van der Waals surface area contributed by atoms with Gasteiger partial charge < -0.3 is 18.8 Å². The number of aromatic nitrogens is 2. The maximum absolute atomic E-state index is 12.0. The van der Waals surface area contributed by atoms with Crippen LogP contribution < -0.4 is 10.4 Å². The predicted octanol–water partition coefficient (Wildman–Crippen LogP) is 1.92. The Labute approximate surface area is 138 Å². The molecule has 24 heavy (non-hydrogen) atoms. The number of nitrogens with zero attached hydrogens (tertiary/aromatic N) is 2. The first-order chi connectivity index (χ1) is 11.7. The average Bonchev–Trinajstić information content (AvgIpc) is 3.24. The van der Waals surface area contributed by atoms with Crippen LogP contribution in [0.3, 0.4) is 0 Å². The molecule has 6 heteroatoms. The van der Waals surface area contributed by atoms with E-state index in [2.05, 4.69) is 4.98 Å². The summed E-state index contributed by atoms with van der Waals surface area (Å²) in [6.07, 6.45) is 7.16. The van der Waals surface area contributed by atoms with E-state index < -0.39 is 6.10 Å². The number of aryl methyl sites for hydroxylation is 1. The first kappa shape index (κ1) is 15.0. The zero-order chi connectivity index (χ0) is 16.5. The first-order valence-corrected chi connectivity index (χ1v) is 8.06. The second-order valence-corrected chi connectivity index (χ2v) is 6.08. The van der Waals surface area contributed by atoms with E-state index in [1.54, 1.807) is 29.4 Å². The predicted molar refractivity (Wildman–Crippen MR) is 88.2 cm³/mol. The number of ether oxygens (including phenoxy) is 1. The highest BCUT2D eigenvalue weighted by molar-refractivity contribution is 5.83. The molecule has 124 valence electrons. The highest BCUT2D eigenvalue weighted by atomic mass is 16.5. The molecule has 3 aromatic rings. The van der Waals surface area contributed by atoms with Gasteiger partial charge in [-0.25, -0.2) is 9.78 Å². The molecule has 0 amide bonds. The third-order valence-electron chi connectivity index (χ3n) is 4.37. The quantitative estimate of drug-likeness (QED) is 0.725. The molecule has 1 atom stereocenters. The lowest BCUT2D eigenvalue weighted by atomic mass is 10.1. The van der Waals surface area contributed by atoms with Crippen LogP contribution in [0.5, 0.6) is 5.75 Å². The minimum Gasteiger partial charge on any atom is -0.491 e. The number of hydrogen-bond donors (Lipinski definition) is 1. The van der Waals surface area contributed by atoms with Crippen molar-refractivity contribution >= 4 is 11.0 Å². The molecule has 0 spiro atoms. The van der Waals surface area contributed by atoms with Gasteiger partial charge in [0.1, 0.15) is 24.0 Å². The first-order valence-electron chi connectivity index (χ1n) is 8.06. The molecule has 2 aromatic heterocycles. The smallest absolute Gasteiger partial charge is 0.339 e. The molecule has 0 saturated carbocycles. The summed E-state index contributed by atoms with van der Waals surface area (Å²) in [5, 5.41) is 11.0. The van der Waals surface area contributed by atoms with Crippen LogP contribution in [0.15, 0.2) is 46.1 Å². The number of rotatable bonds is 5. The van der Waals surface area contributed by atoms with Gasteiger partial charge in [-0.2, -0.15) is 0 Å². The van der Waals surface area contributed by atoms with Gasteiger partial charge in [-0.1, -0.05) is 0 Å². The van der Waals surface area contributed by atoms with E-state index in [9.17, 15) is 9.90 Å². The Morgan fingerprint density at radius 2 is 2.21 bits per heavy atom. The molecule has 2 heterocycles. The number of fused-ring (bicyclic) bond motifs is 3. The summed E-state index contributed by atoms with van der Waals surface area (Å²) in [4.78, 5) is 16.0. The SMILES string of the molecule is O=c1oc2cc(OC[C@@H](O)Cn3ccnc3)ccc2c2c1CCC2. The lowest BCUT2D eigenvalue weighted by Crippen LogP contribution is -2.23. The summed E-state index contributed by atoms with van der Waals surface area (Å²) in [5.74, 6) is 0.577.